The lowest BCUT2D eigenvalue weighted by Gasteiger charge is -2.05. The molecule has 2 rings (SSSR count). The SMILES string of the molecule is CCn1ncnc1CNCCc1ccc(Cl)cc1. The molecule has 2 aromatic rings. The summed E-state index contributed by atoms with van der Waals surface area (Å²) in [6, 6.07) is 7.95. The number of hydrogen-bond acceptors (Lipinski definition) is 3. The molecule has 0 radical (unpaired) electrons. The third-order valence-electron chi connectivity index (χ3n) is 2.78. The summed E-state index contributed by atoms with van der Waals surface area (Å²) in [6.07, 6.45) is 2.58. The van der Waals surface area contributed by atoms with Gasteiger partial charge in [0, 0.05) is 11.6 Å². The number of nitrogens with one attached hydrogen (secondary N) is 1. The molecule has 0 spiro atoms. The van der Waals surface area contributed by atoms with Gasteiger partial charge in [-0.3, -0.25) is 0 Å². The zero-order valence-electron chi connectivity index (χ0n) is 10.4. The Morgan fingerprint density at radius 1 is 1.28 bits per heavy atom. The van der Waals surface area contributed by atoms with Crippen LogP contribution in [0.2, 0.25) is 5.02 Å². The number of halogens is 1. The molecule has 0 saturated heterocycles. The molecule has 1 N–H and O–H groups in total. The fourth-order valence-corrected chi connectivity index (χ4v) is 1.90. The minimum atomic E-state index is 0.751. The van der Waals surface area contributed by atoms with E-state index < -0.39 is 0 Å². The molecular formula is C13H17ClN4. The summed E-state index contributed by atoms with van der Waals surface area (Å²) in [4.78, 5) is 4.22. The van der Waals surface area contributed by atoms with Gasteiger partial charge in [0.2, 0.25) is 0 Å². The van der Waals surface area contributed by atoms with Crippen LogP contribution in [0.1, 0.15) is 18.3 Å². The van der Waals surface area contributed by atoms with E-state index in [0.29, 0.717) is 0 Å². The zero-order chi connectivity index (χ0) is 12.8. The number of nitrogens with zero attached hydrogens (tertiary/aromatic N) is 3. The molecule has 0 fully saturated rings. The standard InChI is InChI=1S/C13H17ClN4/c1-2-18-13(16-10-17-18)9-15-8-7-11-3-5-12(14)6-4-11/h3-6,10,15H,2,7-9H2,1H3. The van der Waals surface area contributed by atoms with Gasteiger partial charge in [-0.05, 0) is 37.6 Å². The Balaban J connectivity index is 1.74. The first-order valence-electron chi connectivity index (χ1n) is 6.11. The van der Waals surface area contributed by atoms with Gasteiger partial charge in [0.15, 0.2) is 0 Å². The van der Waals surface area contributed by atoms with Crippen LogP contribution in [0.3, 0.4) is 0 Å². The highest BCUT2D eigenvalue weighted by Crippen LogP contribution is 2.09. The Hall–Kier alpha value is -1.39. The molecule has 1 aromatic carbocycles. The topological polar surface area (TPSA) is 42.7 Å². The average Bonchev–Trinajstić information content (AvgIpc) is 2.84. The molecular weight excluding hydrogens is 248 g/mol. The van der Waals surface area contributed by atoms with Crippen LogP contribution in [-0.4, -0.2) is 21.3 Å². The molecule has 4 nitrogen and oxygen atoms in total. The van der Waals surface area contributed by atoms with Crippen LogP contribution in [0.15, 0.2) is 30.6 Å². The molecule has 0 atom stereocenters. The number of benzene rings is 1. The molecule has 0 aliphatic rings. The van der Waals surface area contributed by atoms with Crippen LogP contribution in [0.25, 0.3) is 0 Å². The fraction of sp³-hybridized carbons (Fsp3) is 0.385. The molecule has 0 bridgehead atoms. The van der Waals surface area contributed by atoms with Gasteiger partial charge in [0.1, 0.15) is 12.2 Å². The number of hydrogen-bond donors (Lipinski definition) is 1. The summed E-state index contributed by atoms with van der Waals surface area (Å²) in [5, 5.41) is 8.28. The number of aromatic nitrogens is 3. The van der Waals surface area contributed by atoms with E-state index in [1.807, 2.05) is 16.8 Å². The first-order chi connectivity index (χ1) is 8.79. The molecule has 0 aliphatic heterocycles. The molecule has 96 valence electrons. The predicted molar refractivity (Wildman–Crippen MR) is 72.6 cm³/mol. The highest BCUT2D eigenvalue weighted by molar-refractivity contribution is 6.30. The largest absolute Gasteiger partial charge is 0.310 e. The van der Waals surface area contributed by atoms with E-state index in [2.05, 4.69) is 34.5 Å². The molecule has 5 heteroatoms. The van der Waals surface area contributed by atoms with E-state index in [1.54, 1.807) is 6.33 Å². The minimum absolute atomic E-state index is 0.751. The Bertz CT molecular complexity index is 478. The summed E-state index contributed by atoms with van der Waals surface area (Å²) in [5.41, 5.74) is 1.28. The van der Waals surface area contributed by atoms with Crippen molar-refractivity contribution in [2.24, 2.45) is 0 Å². The van der Waals surface area contributed by atoms with Gasteiger partial charge in [-0.1, -0.05) is 23.7 Å². The molecule has 0 unspecified atom stereocenters. The van der Waals surface area contributed by atoms with Crippen molar-refractivity contribution in [1.29, 1.82) is 0 Å². The Kier molecular flexibility index (Phi) is 4.73. The molecule has 0 saturated carbocycles. The Labute approximate surface area is 112 Å². The molecule has 1 aromatic heterocycles. The van der Waals surface area contributed by atoms with E-state index >= 15 is 0 Å². The highest BCUT2D eigenvalue weighted by Gasteiger charge is 2.01. The maximum atomic E-state index is 5.84. The van der Waals surface area contributed by atoms with Gasteiger partial charge < -0.3 is 5.32 Å². The van der Waals surface area contributed by atoms with Crippen molar-refractivity contribution in [2.45, 2.75) is 26.4 Å². The summed E-state index contributed by atoms with van der Waals surface area (Å²) >= 11 is 5.84. The second kappa shape index (κ2) is 6.52. The van der Waals surface area contributed by atoms with Crippen molar-refractivity contribution < 1.29 is 0 Å². The fourth-order valence-electron chi connectivity index (χ4n) is 1.77. The van der Waals surface area contributed by atoms with Gasteiger partial charge in [-0.15, -0.1) is 0 Å². The molecule has 18 heavy (non-hydrogen) atoms. The van der Waals surface area contributed by atoms with Crippen molar-refractivity contribution in [3.63, 3.8) is 0 Å². The minimum Gasteiger partial charge on any atom is -0.310 e. The monoisotopic (exact) mass is 264 g/mol. The maximum absolute atomic E-state index is 5.84. The Morgan fingerprint density at radius 2 is 2.06 bits per heavy atom. The molecule has 0 amide bonds. The van der Waals surface area contributed by atoms with Crippen molar-refractivity contribution in [3.05, 3.63) is 47.0 Å². The van der Waals surface area contributed by atoms with Crippen LogP contribution in [0.4, 0.5) is 0 Å². The van der Waals surface area contributed by atoms with Gasteiger partial charge in [-0.25, -0.2) is 9.67 Å². The van der Waals surface area contributed by atoms with Crippen LogP contribution in [0, 0.1) is 0 Å². The van der Waals surface area contributed by atoms with E-state index in [-0.39, 0.29) is 0 Å². The highest BCUT2D eigenvalue weighted by atomic mass is 35.5. The summed E-state index contributed by atoms with van der Waals surface area (Å²) in [7, 11) is 0. The normalized spacial score (nSPS) is 10.8. The maximum Gasteiger partial charge on any atom is 0.140 e. The van der Waals surface area contributed by atoms with Gasteiger partial charge in [0.05, 0.1) is 6.54 Å². The van der Waals surface area contributed by atoms with E-state index in [1.165, 1.54) is 5.56 Å². The third-order valence-corrected chi connectivity index (χ3v) is 3.03. The lowest BCUT2D eigenvalue weighted by Crippen LogP contribution is -2.19. The van der Waals surface area contributed by atoms with Crippen LogP contribution in [0.5, 0.6) is 0 Å². The lowest BCUT2D eigenvalue weighted by molar-refractivity contribution is 0.573. The van der Waals surface area contributed by atoms with Gasteiger partial charge in [-0.2, -0.15) is 5.10 Å². The molecule has 1 heterocycles. The predicted octanol–water partition coefficient (Wildman–Crippen LogP) is 2.28. The number of aryl methyl sites for hydroxylation is 1. The van der Waals surface area contributed by atoms with Crippen LogP contribution in [-0.2, 0) is 19.5 Å². The van der Waals surface area contributed by atoms with Crippen molar-refractivity contribution in [2.75, 3.05) is 6.54 Å². The van der Waals surface area contributed by atoms with E-state index in [9.17, 15) is 0 Å². The van der Waals surface area contributed by atoms with Crippen molar-refractivity contribution >= 4 is 11.6 Å². The van der Waals surface area contributed by atoms with Crippen molar-refractivity contribution in [1.82, 2.24) is 20.1 Å². The second-order valence-corrected chi connectivity index (χ2v) is 4.48. The Morgan fingerprint density at radius 3 is 2.78 bits per heavy atom. The second-order valence-electron chi connectivity index (χ2n) is 4.05. The average molecular weight is 265 g/mol. The quantitative estimate of drug-likeness (QED) is 0.814. The molecule has 0 aliphatic carbocycles. The smallest absolute Gasteiger partial charge is 0.140 e. The summed E-state index contributed by atoms with van der Waals surface area (Å²) in [6.45, 7) is 4.58. The zero-order valence-corrected chi connectivity index (χ0v) is 11.2. The third kappa shape index (κ3) is 3.55. The van der Waals surface area contributed by atoms with E-state index in [4.69, 9.17) is 11.6 Å². The van der Waals surface area contributed by atoms with Crippen LogP contribution >= 0.6 is 11.6 Å². The van der Waals surface area contributed by atoms with Gasteiger partial charge >= 0.3 is 0 Å². The summed E-state index contributed by atoms with van der Waals surface area (Å²) in [5.74, 6) is 0.980. The summed E-state index contributed by atoms with van der Waals surface area (Å²) < 4.78 is 1.90. The first kappa shape index (κ1) is 13.1. The number of rotatable bonds is 6. The van der Waals surface area contributed by atoms with E-state index in [0.717, 1.165) is 36.9 Å². The first-order valence-corrected chi connectivity index (χ1v) is 6.49. The van der Waals surface area contributed by atoms with Crippen LogP contribution < -0.4 is 5.32 Å². The van der Waals surface area contributed by atoms with Gasteiger partial charge in [0.25, 0.3) is 0 Å². The van der Waals surface area contributed by atoms with Crippen molar-refractivity contribution in [3.8, 4) is 0 Å². The lowest BCUT2D eigenvalue weighted by atomic mass is 10.1.